The Morgan fingerprint density at radius 2 is 1.78 bits per heavy atom. The van der Waals surface area contributed by atoms with Crippen LogP contribution in [0.1, 0.15) is 54.4 Å². The minimum atomic E-state index is -4.38. The van der Waals surface area contributed by atoms with Gasteiger partial charge in [0.15, 0.2) is 6.10 Å². The van der Waals surface area contributed by atoms with Gasteiger partial charge in [0.2, 0.25) is 5.91 Å². The number of carbonyl (C=O) groups is 1. The number of nitrogens with zero attached hydrogens (tertiary/aromatic N) is 2. The summed E-state index contributed by atoms with van der Waals surface area (Å²) in [6.45, 7) is 2.63. The van der Waals surface area contributed by atoms with Crippen LogP contribution in [0.15, 0.2) is 53.7 Å². The summed E-state index contributed by atoms with van der Waals surface area (Å²) < 4.78 is 38.7. The number of oxime groups is 1. The molecule has 0 aromatic heterocycles. The largest absolute Gasteiger partial charge is 0.416 e. The van der Waals surface area contributed by atoms with E-state index in [4.69, 9.17) is 4.84 Å². The van der Waals surface area contributed by atoms with Crippen LogP contribution in [0.2, 0.25) is 0 Å². The standard InChI is InChI=1S/C25H27F3N2O2/c1-17-6-2-5-9-22(17)23-14-21(32-29-23)16-30(24(31)19-7-3-4-8-19)15-18-10-12-20(13-11-18)25(26,27)28/h2,5-6,9-13,19,21H,3-4,7-8,14-16H2,1H3/t21-/m1/s1. The van der Waals surface area contributed by atoms with E-state index in [0.717, 1.165) is 54.7 Å². The predicted molar refractivity (Wildman–Crippen MR) is 116 cm³/mol. The number of halogens is 3. The van der Waals surface area contributed by atoms with Crippen molar-refractivity contribution in [1.82, 2.24) is 4.90 Å². The number of benzene rings is 2. The van der Waals surface area contributed by atoms with E-state index in [1.54, 1.807) is 4.90 Å². The van der Waals surface area contributed by atoms with Gasteiger partial charge in [-0.15, -0.1) is 0 Å². The Labute approximate surface area is 186 Å². The van der Waals surface area contributed by atoms with Gasteiger partial charge < -0.3 is 9.74 Å². The quantitative estimate of drug-likeness (QED) is 0.571. The lowest BCUT2D eigenvalue weighted by Crippen LogP contribution is -2.40. The molecule has 4 rings (SSSR count). The molecule has 0 spiro atoms. The number of hydrogen-bond donors (Lipinski definition) is 0. The highest BCUT2D eigenvalue weighted by Gasteiger charge is 2.33. The van der Waals surface area contributed by atoms with E-state index >= 15 is 0 Å². The summed E-state index contributed by atoms with van der Waals surface area (Å²) in [5, 5.41) is 4.26. The smallest absolute Gasteiger partial charge is 0.390 e. The molecule has 1 aliphatic carbocycles. The second-order valence-corrected chi connectivity index (χ2v) is 8.68. The van der Waals surface area contributed by atoms with Crippen molar-refractivity contribution in [3.63, 3.8) is 0 Å². The van der Waals surface area contributed by atoms with Gasteiger partial charge >= 0.3 is 6.18 Å². The number of carbonyl (C=O) groups excluding carboxylic acids is 1. The maximum Gasteiger partial charge on any atom is 0.416 e. The van der Waals surface area contributed by atoms with E-state index in [1.807, 2.05) is 31.2 Å². The molecular weight excluding hydrogens is 417 g/mol. The van der Waals surface area contributed by atoms with Gasteiger partial charge in [0, 0.05) is 24.4 Å². The average Bonchev–Trinajstić information content (AvgIpc) is 3.45. The molecule has 2 aromatic rings. The molecule has 1 aliphatic heterocycles. The Balaban J connectivity index is 1.47. The van der Waals surface area contributed by atoms with Crippen LogP contribution in [-0.2, 0) is 22.4 Å². The molecule has 4 nitrogen and oxygen atoms in total. The number of hydrogen-bond acceptors (Lipinski definition) is 3. The van der Waals surface area contributed by atoms with Crippen LogP contribution in [0, 0.1) is 12.8 Å². The van der Waals surface area contributed by atoms with E-state index in [9.17, 15) is 18.0 Å². The third-order valence-electron chi connectivity index (χ3n) is 6.28. The van der Waals surface area contributed by atoms with Crippen LogP contribution >= 0.6 is 0 Å². The summed E-state index contributed by atoms with van der Waals surface area (Å²) in [7, 11) is 0. The molecule has 0 saturated heterocycles. The molecule has 1 atom stereocenters. The summed E-state index contributed by atoms with van der Waals surface area (Å²) in [6.07, 6.45) is -0.275. The highest BCUT2D eigenvalue weighted by atomic mass is 19.4. The van der Waals surface area contributed by atoms with Crippen LogP contribution in [0.25, 0.3) is 0 Å². The molecule has 0 unspecified atom stereocenters. The lowest BCUT2D eigenvalue weighted by Gasteiger charge is -2.27. The Morgan fingerprint density at radius 1 is 1.09 bits per heavy atom. The SMILES string of the molecule is Cc1ccccc1C1=NO[C@@H](CN(Cc2ccc(C(F)(F)F)cc2)C(=O)C2CCCC2)C1. The van der Waals surface area contributed by atoms with Crippen LogP contribution in [-0.4, -0.2) is 29.2 Å². The minimum absolute atomic E-state index is 0.0254. The van der Waals surface area contributed by atoms with E-state index in [2.05, 4.69) is 5.16 Å². The first-order chi connectivity index (χ1) is 15.3. The summed E-state index contributed by atoms with van der Waals surface area (Å²) in [5.41, 5.74) is 2.98. The van der Waals surface area contributed by atoms with Crippen molar-refractivity contribution in [3.8, 4) is 0 Å². The second-order valence-electron chi connectivity index (χ2n) is 8.68. The van der Waals surface area contributed by atoms with Gasteiger partial charge in [0.05, 0.1) is 17.8 Å². The van der Waals surface area contributed by atoms with Crippen molar-refractivity contribution in [1.29, 1.82) is 0 Å². The summed E-state index contributed by atoms with van der Waals surface area (Å²) in [5.74, 6) is 0.0259. The van der Waals surface area contributed by atoms with Crippen molar-refractivity contribution >= 4 is 11.6 Å². The van der Waals surface area contributed by atoms with Crippen molar-refractivity contribution in [2.24, 2.45) is 11.1 Å². The first-order valence-corrected chi connectivity index (χ1v) is 11.0. The van der Waals surface area contributed by atoms with Crippen LogP contribution in [0.4, 0.5) is 13.2 Å². The molecule has 2 aliphatic rings. The van der Waals surface area contributed by atoms with Gasteiger partial charge in [-0.3, -0.25) is 4.79 Å². The van der Waals surface area contributed by atoms with Crippen molar-refractivity contribution in [2.75, 3.05) is 6.54 Å². The molecule has 1 heterocycles. The Morgan fingerprint density at radius 3 is 2.44 bits per heavy atom. The Kier molecular flexibility index (Phi) is 6.53. The third-order valence-corrected chi connectivity index (χ3v) is 6.28. The van der Waals surface area contributed by atoms with Gasteiger partial charge in [0.25, 0.3) is 0 Å². The second kappa shape index (κ2) is 9.35. The van der Waals surface area contributed by atoms with Gasteiger partial charge in [-0.25, -0.2) is 0 Å². The van der Waals surface area contributed by atoms with Gasteiger partial charge in [-0.1, -0.05) is 54.4 Å². The van der Waals surface area contributed by atoms with Crippen LogP contribution in [0.3, 0.4) is 0 Å². The molecule has 1 saturated carbocycles. The van der Waals surface area contributed by atoms with Gasteiger partial charge in [-0.05, 0) is 43.0 Å². The molecule has 2 aromatic carbocycles. The van der Waals surface area contributed by atoms with Gasteiger partial charge in [0.1, 0.15) is 0 Å². The maximum absolute atomic E-state index is 13.2. The predicted octanol–water partition coefficient (Wildman–Crippen LogP) is 5.73. The van der Waals surface area contributed by atoms with E-state index < -0.39 is 11.7 Å². The Hall–Kier alpha value is -2.83. The highest BCUT2D eigenvalue weighted by Crippen LogP contribution is 2.31. The number of aryl methyl sites for hydroxylation is 1. The number of amides is 1. The molecule has 32 heavy (non-hydrogen) atoms. The zero-order chi connectivity index (χ0) is 22.7. The van der Waals surface area contributed by atoms with E-state index in [-0.39, 0.29) is 24.5 Å². The molecule has 0 N–H and O–H groups in total. The zero-order valence-corrected chi connectivity index (χ0v) is 18.1. The molecule has 7 heteroatoms. The van der Waals surface area contributed by atoms with E-state index in [0.29, 0.717) is 18.5 Å². The maximum atomic E-state index is 13.2. The lowest BCUT2D eigenvalue weighted by molar-refractivity contribution is -0.138. The van der Waals surface area contributed by atoms with E-state index in [1.165, 1.54) is 12.1 Å². The van der Waals surface area contributed by atoms with Crippen molar-refractivity contribution < 1.29 is 22.8 Å². The molecule has 170 valence electrons. The Bertz CT molecular complexity index is 979. The third kappa shape index (κ3) is 5.14. The molecule has 1 fully saturated rings. The number of alkyl halides is 3. The first kappa shape index (κ1) is 22.4. The normalized spacial score (nSPS) is 19.0. The van der Waals surface area contributed by atoms with Gasteiger partial charge in [-0.2, -0.15) is 13.2 Å². The fraction of sp³-hybridized carbons (Fsp3) is 0.440. The average molecular weight is 444 g/mol. The van der Waals surface area contributed by atoms with Crippen LogP contribution in [0.5, 0.6) is 0 Å². The van der Waals surface area contributed by atoms with Crippen molar-refractivity contribution in [2.45, 2.75) is 57.9 Å². The van der Waals surface area contributed by atoms with Crippen LogP contribution < -0.4 is 0 Å². The van der Waals surface area contributed by atoms with Crippen molar-refractivity contribution in [3.05, 3.63) is 70.8 Å². The number of rotatable bonds is 6. The fourth-order valence-electron chi connectivity index (χ4n) is 4.51. The lowest BCUT2D eigenvalue weighted by atomic mass is 9.99. The topological polar surface area (TPSA) is 41.9 Å². The molecule has 1 amide bonds. The molecule has 0 radical (unpaired) electrons. The summed E-state index contributed by atoms with van der Waals surface area (Å²) in [6, 6.07) is 13.0. The summed E-state index contributed by atoms with van der Waals surface area (Å²) in [4.78, 5) is 20.6. The zero-order valence-electron chi connectivity index (χ0n) is 18.1. The minimum Gasteiger partial charge on any atom is -0.390 e. The highest BCUT2D eigenvalue weighted by molar-refractivity contribution is 6.02. The fourth-order valence-corrected chi connectivity index (χ4v) is 4.51. The summed E-state index contributed by atoms with van der Waals surface area (Å²) >= 11 is 0. The first-order valence-electron chi connectivity index (χ1n) is 11.0. The molecule has 0 bridgehead atoms. The monoisotopic (exact) mass is 444 g/mol. The molecular formula is C25H27F3N2O2.